The van der Waals surface area contributed by atoms with Gasteiger partial charge in [-0.2, -0.15) is 5.10 Å². The maximum Gasteiger partial charge on any atom is 0.151 e. The molecule has 1 aliphatic heterocycles. The Labute approximate surface area is 156 Å². The van der Waals surface area contributed by atoms with Gasteiger partial charge in [-0.05, 0) is 37.6 Å². The van der Waals surface area contributed by atoms with Crippen molar-refractivity contribution >= 4 is 0 Å². The van der Waals surface area contributed by atoms with E-state index in [1.54, 1.807) is 0 Å². The molecule has 0 fully saturated rings. The zero-order valence-corrected chi connectivity index (χ0v) is 15.3. The summed E-state index contributed by atoms with van der Waals surface area (Å²) in [6.07, 6.45) is 0.994. The highest BCUT2D eigenvalue weighted by molar-refractivity contribution is 5.39. The van der Waals surface area contributed by atoms with E-state index in [4.69, 9.17) is 4.74 Å². The summed E-state index contributed by atoms with van der Waals surface area (Å²) in [7, 11) is 0. The predicted molar refractivity (Wildman–Crippen MR) is 99.2 cm³/mol. The first-order chi connectivity index (χ1) is 13.0. The topological polar surface area (TPSA) is 39.1 Å². The van der Waals surface area contributed by atoms with Crippen molar-refractivity contribution in [3.63, 3.8) is 0 Å². The minimum Gasteiger partial charge on any atom is -0.488 e. The molecule has 3 aromatic rings. The molecule has 0 amide bonds. The van der Waals surface area contributed by atoms with Gasteiger partial charge < -0.3 is 10.1 Å². The van der Waals surface area contributed by atoms with Crippen LogP contribution in [0.5, 0.6) is 5.75 Å². The SMILES string of the molecule is Cc1nn(-c2ccc(F)cc2F)c(C)c1CNCC1Cc2ccccc2O1. The Kier molecular flexibility index (Phi) is 4.66. The third-order valence-electron chi connectivity index (χ3n) is 4.97. The number of aromatic nitrogens is 2. The highest BCUT2D eigenvalue weighted by Crippen LogP contribution is 2.28. The van der Waals surface area contributed by atoms with Crippen LogP contribution in [0.2, 0.25) is 0 Å². The number of nitrogens with zero attached hydrogens (tertiary/aromatic N) is 2. The Morgan fingerprint density at radius 3 is 2.78 bits per heavy atom. The van der Waals surface area contributed by atoms with Gasteiger partial charge in [-0.25, -0.2) is 13.5 Å². The summed E-state index contributed by atoms with van der Waals surface area (Å²) in [6.45, 7) is 5.10. The molecule has 1 N–H and O–H groups in total. The van der Waals surface area contributed by atoms with Crippen LogP contribution in [0.4, 0.5) is 8.78 Å². The second-order valence-corrected chi connectivity index (χ2v) is 6.84. The van der Waals surface area contributed by atoms with E-state index in [2.05, 4.69) is 16.5 Å². The fourth-order valence-corrected chi connectivity index (χ4v) is 3.54. The van der Waals surface area contributed by atoms with Crippen LogP contribution in [0.15, 0.2) is 42.5 Å². The number of fused-ring (bicyclic) bond motifs is 1. The Morgan fingerprint density at radius 2 is 2.00 bits per heavy atom. The third-order valence-corrected chi connectivity index (χ3v) is 4.97. The van der Waals surface area contributed by atoms with Crippen LogP contribution in [-0.2, 0) is 13.0 Å². The van der Waals surface area contributed by atoms with E-state index in [0.29, 0.717) is 13.1 Å². The molecule has 1 aliphatic rings. The summed E-state index contributed by atoms with van der Waals surface area (Å²) in [4.78, 5) is 0. The average molecular weight is 369 g/mol. The van der Waals surface area contributed by atoms with Gasteiger partial charge in [0.2, 0.25) is 0 Å². The molecule has 1 atom stereocenters. The molecular formula is C21H21F2N3O. The Bertz CT molecular complexity index is 959. The fraction of sp³-hybridized carbons (Fsp3) is 0.286. The molecule has 0 bridgehead atoms. The van der Waals surface area contributed by atoms with Crippen molar-refractivity contribution in [3.05, 3.63) is 76.6 Å². The highest BCUT2D eigenvalue weighted by atomic mass is 19.1. The van der Waals surface area contributed by atoms with Crippen molar-refractivity contribution in [2.75, 3.05) is 6.54 Å². The predicted octanol–water partition coefficient (Wildman–Crippen LogP) is 3.86. The van der Waals surface area contributed by atoms with Crippen LogP contribution in [0, 0.1) is 25.5 Å². The number of halogens is 2. The third kappa shape index (κ3) is 3.45. The molecule has 0 spiro atoms. The van der Waals surface area contributed by atoms with Gasteiger partial charge >= 0.3 is 0 Å². The molecule has 0 saturated heterocycles. The normalized spacial score (nSPS) is 15.6. The van der Waals surface area contributed by atoms with E-state index in [-0.39, 0.29) is 11.8 Å². The van der Waals surface area contributed by atoms with E-state index in [9.17, 15) is 8.78 Å². The maximum absolute atomic E-state index is 14.1. The molecule has 0 saturated carbocycles. The zero-order valence-electron chi connectivity index (χ0n) is 15.3. The molecule has 1 unspecified atom stereocenters. The smallest absolute Gasteiger partial charge is 0.151 e. The van der Waals surface area contributed by atoms with Crippen LogP contribution < -0.4 is 10.1 Å². The molecule has 2 aromatic carbocycles. The van der Waals surface area contributed by atoms with Gasteiger partial charge in [-0.1, -0.05) is 18.2 Å². The lowest BCUT2D eigenvalue weighted by atomic mass is 10.1. The van der Waals surface area contributed by atoms with Gasteiger partial charge in [-0.15, -0.1) is 0 Å². The van der Waals surface area contributed by atoms with Crippen molar-refractivity contribution < 1.29 is 13.5 Å². The van der Waals surface area contributed by atoms with E-state index < -0.39 is 11.6 Å². The molecular weight excluding hydrogens is 348 g/mol. The molecule has 27 heavy (non-hydrogen) atoms. The maximum atomic E-state index is 14.1. The summed E-state index contributed by atoms with van der Waals surface area (Å²) in [5.74, 6) is -0.272. The fourth-order valence-electron chi connectivity index (χ4n) is 3.54. The van der Waals surface area contributed by atoms with Gasteiger partial charge in [0.05, 0.1) is 5.69 Å². The minimum absolute atomic E-state index is 0.104. The average Bonchev–Trinajstić information content (AvgIpc) is 3.17. The number of para-hydroxylation sites is 1. The summed E-state index contributed by atoms with van der Waals surface area (Å²) in [5, 5.41) is 7.85. The van der Waals surface area contributed by atoms with E-state index in [1.165, 1.54) is 22.4 Å². The summed E-state index contributed by atoms with van der Waals surface area (Å²) < 4.78 is 34.7. The summed E-state index contributed by atoms with van der Waals surface area (Å²) in [6, 6.07) is 11.6. The van der Waals surface area contributed by atoms with Gasteiger partial charge in [-0.3, -0.25) is 0 Å². The molecule has 140 valence electrons. The zero-order chi connectivity index (χ0) is 19.0. The highest BCUT2D eigenvalue weighted by Gasteiger charge is 2.22. The van der Waals surface area contributed by atoms with Crippen molar-refractivity contribution in [1.29, 1.82) is 0 Å². The Hall–Kier alpha value is -2.73. The van der Waals surface area contributed by atoms with Crippen LogP contribution in [0.25, 0.3) is 5.69 Å². The van der Waals surface area contributed by atoms with Crippen LogP contribution >= 0.6 is 0 Å². The Balaban J connectivity index is 1.44. The number of aryl methyl sites for hydroxylation is 1. The van der Waals surface area contributed by atoms with Crippen LogP contribution in [0.1, 0.15) is 22.5 Å². The molecule has 6 heteroatoms. The van der Waals surface area contributed by atoms with E-state index in [1.807, 2.05) is 32.0 Å². The second kappa shape index (κ2) is 7.12. The molecule has 0 aliphatic carbocycles. The standard InChI is InChI=1S/C21H21F2N3O/c1-13-18(12-24-11-17-9-15-5-3-4-6-21(15)27-17)14(2)26(25-13)20-8-7-16(22)10-19(20)23/h3-8,10,17,24H,9,11-12H2,1-2H3. The Morgan fingerprint density at radius 1 is 1.19 bits per heavy atom. The van der Waals surface area contributed by atoms with Gasteiger partial charge in [0.25, 0.3) is 0 Å². The molecule has 2 heterocycles. The molecule has 4 rings (SSSR count). The lowest BCUT2D eigenvalue weighted by molar-refractivity contribution is 0.227. The number of ether oxygens (including phenoxy) is 1. The first-order valence-corrected chi connectivity index (χ1v) is 8.98. The number of rotatable bonds is 5. The van der Waals surface area contributed by atoms with Crippen molar-refractivity contribution in [2.45, 2.75) is 32.9 Å². The number of benzene rings is 2. The van der Waals surface area contributed by atoms with Crippen molar-refractivity contribution in [2.24, 2.45) is 0 Å². The molecule has 0 radical (unpaired) electrons. The van der Waals surface area contributed by atoms with Crippen molar-refractivity contribution in [1.82, 2.24) is 15.1 Å². The number of hydrogen-bond donors (Lipinski definition) is 1. The molecule has 1 aromatic heterocycles. The van der Waals surface area contributed by atoms with Crippen LogP contribution in [-0.4, -0.2) is 22.4 Å². The van der Waals surface area contributed by atoms with Crippen LogP contribution in [0.3, 0.4) is 0 Å². The quantitative estimate of drug-likeness (QED) is 0.742. The monoisotopic (exact) mass is 369 g/mol. The second-order valence-electron chi connectivity index (χ2n) is 6.84. The van der Waals surface area contributed by atoms with Gasteiger partial charge in [0.1, 0.15) is 23.4 Å². The number of hydrogen-bond acceptors (Lipinski definition) is 3. The first-order valence-electron chi connectivity index (χ1n) is 8.98. The lowest BCUT2D eigenvalue weighted by Gasteiger charge is -2.12. The van der Waals surface area contributed by atoms with E-state index in [0.717, 1.165) is 35.2 Å². The van der Waals surface area contributed by atoms with Gasteiger partial charge in [0.15, 0.2) is 5.82 Å². The largest absolute Gasteiger partial charge is 0.488 e. The lowest BCUT2D eigenvalue weighted by Crippen LogP contribution is -2.30. The van der Waals surface area contributed by atoms with Crippen molar-refractivity contribution in [3.8, 4) is 11.4 Å². The van der Waals surface area contributed by atoms with E-state index >= 15 is 0 Å². The first kappa shape index (κ1) is 17.7. The summed E-state index contributed by atoms with van der Waals surface area (Å²) >= 11 is 0. The summed E-state index contributed by atoms with van der Waals surface area (Å²) in [5.41, 5.74) is 4.14. The number of nitrogens with one attached hydrogen (secondary N) is 1. The van der Waals surface area contributed by atoms with Gasteiger partial charge in [0, 0.05) is 36.8 Å². The minimum atomic E-state index is -0.628. The molecule has 4 nitrogen and oxygen atoms in total.